The molecule has 0 atom stereocenters. The summed E-state index contributed by atoms with van der Waals surface area (Å²) in [5.41, 5.74) is 0.943. The standard InChI is InChI=1S/C14H6Cl2O4.C13H4Br2O4S/c15-9-10(16)14-8(12(18)13(9)19)7(5-20-14)11(17)6-3-1-2-4-6;14-8-9(15)13-7(11(17)12(8)18)6(3-19-13)10(16)5-1-2-20-4-5/h1,3-5H,2H2;1-4H. The Balaban J connectivity index is 0.000000161. The van der Waals surface area contributed by atoms with Crippen molar-refractivity contribution in [3.05, 3.63) is 102 Å². The van der Waals surface area contributed by atoms with Crippen LogP contribution in [0.5, 0.6) is 0 Å². The number of allylic oxidation sites excluding steroid dienone is 6. The summed E-state index contributed by atoms with van der Waals surface area (Å²) in [6.45, 7) is 0. The number of fused-ring (bicyclic) bond motifs is 2. The molecule has 13 heteroatoms. The van der Waals surface area contributed by atoms with Gasteiger partial charge in [-0.15, -0.1) is 0 Å². The molecule has 0 radical (unpaired) electrons. The third-order valence-corrected chi connectivity index (χ3v) is 9.48. The van der Waals surface area contributed by atoms with Gasteiger partial charge in [-0.25, -0.2) is 0 Å². The van der Waals surface area contributed by atoms with Crippen LogP contribution in [-0.2, 0) is 9.59 Å². The highest BCUT2D eigenvalue weighted by molar-refractivity contribution is 9.16. The molecular formula is C27H10Br2Cl2O8S. The van der Waals surface area contributed by atoms with Crippen LogP contribution in [0.25, 0.3) is 9.51 Å². The first kappa shape index (κ1) is 28.3. The van der Waals surface area contributed by atoms with Gasteiger partial charge in [-0.3, -0.25) is 28.8 Å². The van der Waals surface area contributed by atoms with E-state index in [1.165, 1.54) is 17.6 Å². The number of hydrogen-bond donors (Lipinski definition) is 0. The Morgan fingerprint density at radius 2 is 1.43 bits per heavy atom. The van der Waals surface area contributed by atoms with Gasteiger partial charge in [-0.05, 0) is 49.7 Å². The van der Waals surface area contributed by atoms with E-state index in [4.69, 9.17) is 32.0 Å². The fraction of sp³-hybridized carbons (Fsp3) is 0.0370. The summed E-state index contributed by atoms with van der Waals surface area (Å²) in [5, 5.41) is 2.90. The largest absolute Gasteiger partial charge is 0.462 e. The number of halogens is 4. The van der Waals surface area contributed by atoms with E-state index in [9.17, 15) is 28.8 Å². The van der Waals surface area contributed by atoms with Crippen molar-refractivity contribution in [2.75, 3.05) is 0 Å². The lowest BCUT2D eigenvalue weighted by atomic mass is 9.94. The van der Waals surface area contributed by atoms with Gasteiger partial charge in [-0.1, -0.05) is 41.4 Å². The molecule has 0 aromatic carbocycles. The summed E-state index contributed by atoms with van der Waals surface area (Å²) in [6, 6.07) is 1.66. The second kappa shape index (κ2) is 11.0. The molecule has 0 unspecified atom stereocenters. The van der Waals surface area contributed by atoms with E-state index in [1.54, 1.807) is 29.0 Å². The first-order chi connectivity index (χ1) is 19.0. The molecule has 3 aliphatic carbocycles. The van der Waals surface area contributed by atoms with Crippen molar-refractivity contribution in [2.24, 2.45) is 0 Å². The zero-order valence-corrected chi connectivity index (χ0v) is 25.0. The van der Waals surface area contributed by atoms with E-state index in [0.29, 0.717) is 22.0 Å². The van der Waals surface area contributed by atoms with Crippen molar-refractivity contribution < 1.29 is 37.6 Å². The fourth-order valence-electron chi connectivity index (χ4n) is 3.98. The molecule has 0 spiro atoms. The highest BCUT2D eigenvalue weighted by Gasteiger charge is 2.39. The second-order valence-electron chi connectivity index (χ2n) is 8.25. The lowest BCUT2D eigenvalue weighted by Crippen LogP contribution is -2.22. The molecule has 0 amide bonds. The first-order valence-electron chi connectivity index (χ1n) is 11.0. The minimum atomic E-state index is -0.935. The van der Waals surface area contributed by atoms with Crippen molar-refractivity contribution in [2.45, 2.75) is 6.42 Å². The fourth-order valence-corrected chi connectivity index (χ4v) is 5.84. The van der Waals surface area contributed by atoms with Gasteiger partial charge in [0, 0.05) is 16.5 Å². The molecule has 0 N–H and O–H groups in total. The van der Waals surface area contributed by atoms with Crippen molar-refractivity contribution in [1.82, 2.24) is 0 Å². The number of furan rings is 2. The van der Waals surface area contributed by atoms with Crippen LogP contribution >= 0.6 is 66.4 Å². The Morgan fingerprint density at radius 1 is 0.800 bits per heavy atom. The van der Waals surface area contributed by atoms with E-state index >= 15 is 0 Å². The van der Waals surface area contributed by atoms with Gasteiger partial charge >= 0.3 is 0 Å². The third kappa shape index (κ3) is 4.61. The average Bonchev–Trinajstić information content (AvgIpc) is 3.77. The zero-order chi connectivity index (χ0) is 28.9. The van der Waals surface area contributed by atoms with Gasteiger partial charge in [-0.2, -0.15) is 11.3 Å². The van der Waals surface area contributed by atoms with Crippen LogP contribution in [0.4, 0.5) is 0 Å². The van der Waals surface area contributed by atoms with Crippen LogP contribution in [0.2, 0.25) is 0 Å². The smallest absolute Gasteiger partial charge is 0.246 e. The molecule has 8 nitrogen and oxygen atoms in total. The normalized spacial score (nSPS) is 16.1. The average molecular weight is 725 g/mol. The number of Topliss-reactive ketones (excluding diaryl/α,β-unsaturated/α-hetero) is 5. The van der Waals surface area contributed by atoms with Gasteiger partial charge in [0.1, 0.15) is 22.6 Å². The maximum Gasteiger partial charge on any atom is 0.246 e. The van der Waals surface area contributed by atoms with Crippen molar-refractivity contribution in [3.63, 3.8) is 0 Å². The Morgan fingerprint density at radius 3 is 2.05 bits per heavy atom. The molecule has 0 aliphatic heterocycles. The highest BCUT2D eigenvalue weighted by Crippen LogP contribution is 2.40. The molecule has 0 bridgehead atoms. The zero-order valence-electron chi connectivity index (χ0n) is 19.5. The Hall–Kier alpha value is -3.22. The molecule has 3 heterocycles. The van der Waals surface area contributed by atoms with Gasteiger partial charge < -0.3 is 8.83 Å². The molecule has 3 aliphatic rings. The summed E-state index contributed by atoms with van der Waals surface area (Å²) in [7, 11) is 0. The predicted octanol–water partition coefficient (Wildman–Crippen LogP) is 7.06. The van der Waals surface area contributed by atoms with E-state index in [2.05, 4.69) is 31.9 Å². The van der Waals surface area contributed by atoms with E-state index in [0.717, 1.165) is 6.26 Å². The van der Waals surface area contributed by atoms with Gasteiger partial charge in [0.2, 0.25) is 23.1 Å². The van der Waals surface area contributed by atoms with Crippen LogP contribution in [0.15, 0.2) is 71.5 Å². The SMILES string of the molecule is O=C1C(=O)c2c(C(=O)C3=CCC=C3)coc2C(Cl)=C1Cl.O=C1C(=O)c2c(C(=O)c3ccsc3)coc2C(Br)=C1Br. The Labute approximate surface area is 255 Å². The van der Waals surface area contributed by atoms with Gasteiger partial charge in [0.25, 0.3) is 0 Å². The highest BCUT2D eigenvalue weighted by atomic mass is 79.9. The minimum absolute atomic E-state index is 0.0151. The van der Waals surface area contributed by atoms with Crippen LogP contribution in [0.3, 0.4) is 0 Å². The number of rotatable bonds is 4. The number of ketones is 6. The van der Waals surface area contributed by atoms with Crippen molar-refractivity contribution in [3.8, 4) is 0 Å². The first-order valence-corrected chi connectivity index (χ1v) is 14.3. The lowest BCUT2D eigenvalue weighted by molar-refractivity contribution is -0.111. The number of carbonyl (C=O) groups excluding carboxylic acids is 6. The second-order valence-corrected chi connectivity index (χ2v) is 11.4. The summed E-state index contributed by atoms with van der Waals surface area (Å²) in [4.78, 5) is 72.2. The summed E-state index contributed by atoms with van der Waals surface area (Å²) < 4.78 is 10.9. The van der Waals surface area contributed by atoms with E-state index in [-0.39, 0.29) is 54.9 Å². The molecule has 0 saturated heterocycles. The molecule has 200 valence electrons. The molecule has 40 heavy (non-hydrogen) atoms. The lowest BCUT2D eigenvalue weighted by Gasteiger charge is -2.10. The summed E-state index contributed by atoms with van der Waals surface area (Å²) in [6.07, 6.45) is 8.19. The number of carbonyl (C=O) groups is 6. The molecule has 6 rings (SSSR count). The molecule has 0 fully saturated rings. The topological polar surface area (TPSA) is 129 Å². The number of thiophene rings is 1. The molecular weight excluding hydrogens is 715 g/mol. The van der Waals surface area contributed by atoms with Crippen molar-refractivity contribution in [1.29, 1.82) is 0 Å². The Bertz CT molecular complexity index is 1820. The maximum atomic E-state index is 12.3. The molecule has 0 saturated carbocycles. The minimum Gasteiger partial charge on any atom is -0.462 e. The van der Waals surface area contributed by atoms with E-state index in [1.807, 2.05) is 6.08 Å². The van der Waals surface area contributed by atoms with Crippen LogP contribution < -0.4 is 0 Å². The summed E-state index contributed by atoms with van der Waals surface area (Å²) >= 11 is 19.1. The van der Waals surface area contributed by atoms with Crippen molar-refractivity contribution >= 4 is 111 Å². The predicted molar refractivity (Wildman–Crippen MR) is 153 cm³/mol. The molecule has 3 aromatic rings. The Kier molecular flexibility index (Phi) is 7.77. The van der Waals surface area contributed by atoms with Gasteiger partial charge in [0.05, 0.1) is 31.2 Å². The maximum absolute atomic E-state index is 12.3. The van der Waals surface area contributed by atoms with Crippen LogP contribution in [-0.4, -0.2) is 34.7 Å². The summed E-state index contributed by atoms with van der Waals surface area (Å²) in [5.74, 6) is -3.83. The van der Waals surface area contributed by atoms with Crippen LogP contribution in [0, 0.1) is 0 Å². The number of hydrogen-bond acceptors (Lipinski definition) is 9. The third-order valence-electron chi connectivity index (χ3n) is 5.94. The van der Waals surface area contributed by atoms with Crippen LogP contribution in [0.1, 0.15) is 64.9 Å². The van der Waals surface area contributed by atoms with E-state index < -0.39 is 28.2 Å². The molecule has 3 aromatic heterocycles. The van der Waals surface area contributed by atoms with Gasteiger partial charge in [0.15, 0.2) is 23.1 Å². The quantitative estimate of drug-likeness (QED) is 0.207. The monoisotopic (exact) mass is 722 g/mol.